The summed E-state index contributed by atoms with van der Waals surface area (Å²) in [6, 6.07) is 3.93. The van der Waals surface area contributed by atoms with Crippen molar-refractivity contribution in [1.82, 2.24) is 4.98 Å². The first-order valence-corrected chi connectivity index (χ1v) is 11.2. The molecule has 1 aliphatic rings. The number of fused-ring (bicyclic) bond motifs is 1. The van der Waals surface area contributed by atoms with Crippen molar-refractivity contribution in [2.24, 2.45) is 0 Å². The highest BCUT2D eigenvalue weighted by molar-refractivity contribution is 6.77. The van der Waals surface area contributed by atoms with Crippen LogP contribution in [-0.4, -0.2) is 18.4 Å². The third-order valence-electron chi connectivity index (χ3n) is 5.53. The van der Waals surface area contributed by atoms with E-state index in [0.29, 0.717) is 16.6 Å². The van der Waals surface area contributed by atoms with E-state index in [1.54, 1.807) is 0 Å². The van der Waals surface area contributed by atoms with E-state index < -0.39 is 14.4 Å². The first kappa shape index (κ1) is 18.6. The van der Waals surface area contributed by atoms with Gasteiger partial charge in [-0.25, -0.2) is 0 Å². The molecule has 0 aromatic carbocycles. The van der Waals surface area contributed by atoms with Gasteiger partial charge in [-0.1, -0.05) is 47.6 Å². The Hall–Kier alpha value is -0.713. The molecule has 0 fully saturated rings. The number of rotatable bonds is 5. The van der Waals surface area contributed by atoms with Crippen LogP contribution in [0, 0.1) is 0 Å². The standard InChI is InChI=1S/C19H33NO2Si/c1-13(2)23(14(3)4,15(5)6)22-18-11-7-10-17(21)16-9-8-12-20-19(16)18/h8-9,12-15,17-18,21H,7,10-11H2,1-6H3/t17?,18-/m0/s1. The molecule has 2 atom stereocenters. The van der Waals surface area contributed by atoms with E-state index in [9.17, 15) is 5.11 Å². The topological polar surface area (TPSA) is 42.4 Å². The molecule has 1 N–H and O–H groups in total. The fraction of sp³-hybridized carbons (Fsp3) is 0.737. The van der Waals surface area contributed by atoms with Crippen molar-refractivity contribution >= 4 is 8.32 Å². The zero-order valence-electron chi connectivity index (χ0n) is 15.5. The summed E-state index contributed by atoms with van der Waals surface area (Å²) < 4.78 is 6.98. The van der Waals surface area contributed by atoms with Crippen LogP contribution in [0.3, 0.4) is 0 Å². The molecule has 0 saturated heterocycles. The highest BCUT2D eigenvalue weighted by Gasteiger charge is 2.47. The normalized spacial score (nSPS) is 22.5. The van der Waals surface area contributed by atoms with Crippen LogP contribution in [0.5, 0.6) is 0 Å². The summed E-state index contributed by atoms with van der Waals surface area (Å²) in [7, 11) is -1.95. The minimum Gasteiger partial charge on any atom is -0.408 e. The minimum atomic E-state index is -1.95. The van der Waals surface area contributed by atoms with Crippen molar-refractivity contribution in [3.05, 3.63) is 29.6 Å². The molecule has 1 unspecified atom stereocenters. The molecule has 0 bridgehead atoms. The Bertz CT molecular complexity index is 494. The monoisotopic (exact) mass is 335 g/mol. The van der Waals surface area contributed by atoms with Gasteiger partial charge in [0, 0.05) is 11.8 Å². The molecule has 0 saturated carbocycles. The van der Waals surface area contributed by atoms with Crippen molar-refractivity contribution < 1.29 is 9.53 Å². The summed E-state index contributed by atoms with van der Waals surface area (Å²) in [6.07, 6.45) is 4.21. The number of aliphatic hydroxyl groups is 1. The van der Waals surface area contributed by atoms with E-state index in [2.05, 4.69) is 46.5 Å². The molecule has 4 heteroatoms. The van der Waals surface area contributed by atoms with Crippen LogP contribution in [-0.2, 0) is 4.43 Å². The molecule has 23 heavy (non-hydrogen) atoms. The SMILES string of the molecule is CC(C)[Si](O[C@H]1CCCC(O)c2cccnc21)(C(C)C)C(C)C. The lowest BCUT2D eigenvalue weighted by Gasteiger charge is -2.44. The van der Waals surface area contributed by atoms with Crippen molar-refractivity contribution in [3.8, 4) is 0 Å². The second-order valence-electron chi connectivity index (χ2n) is 7.85. The van der Waals surface area contributed by atoms with Gasteiger partial charge < -0.3 is 9.53 Å². The zero-order valence-corrected chi connectivity index (χ0v) is 16.5. The van der Waals surface area contributed by atoms with E-state index in [4.69, 9.17) is 4.43 Å². The molecule has 0 spiro atoms. The van der Waals surface area contributed by atoms with Gasteiger partial charge in [0.1, 0.15) is 0 Å². The summed E-state index contributed by atoms with van der Waals surface area (Å²) in [5.41, 5.74) is 3.61. The summed E-state index contributed by atoms with van der Waals surface area (Å²) in [5.74, 6) is 0. The largest absolute Gasteiger partial charge is 0.408 e. The van der Waals surface area contributed by atoms with Gasteiger partial charge in [-0.05, 0) is 42.0 Å². The van der Waals surface area contributed by atoms with E-state index >= 15 is 0 Å². The third-order valence-corrected chi connectivity index (χ3v) is 11.6. The van der Waals surface area contributed by atoms with Crippen molar-refractivity contribution in [3.63, 3.8) is 0 Å². The number of hydrogen-bond donors (Lipinski definition) is 1. The summed E-state index contributed by atoms with van der Waals surface area (Å²) in [4.78, 5) is 4.61. The van der Waals surface area contributed by atoms with Gasteiger partial charge in [0.05, 0.1) is 17.9 Å². The molecule has 1 aromatic heterocycles. The first-order valence-electron chi connectivity index (χ1n) is 9.11. The van der Waals surface area contributed by atoms with Gasteiger partial charge in [0.15, 0.2) is 0 Å². The van der Waals surface area contributed by atoms with E-state index in [-0.39, 0.29) is 6.10 Å². The maximum Gasteiger partial charge on any atom is 0.201 e. The van der Waals surface area contributed by atoms with Crippen LogP contribution >= 0.6 is 0 Å². The zero-order chi connectivity index (χ0) is 17.2. The molecule has 0 amide bonds. The molecule has 1 heterocycles. The first-order chi connectivity index (χ1) is 10.8. The minimum absolute atomic E-state index is 0.0298. The van der Waals surface area contributed by atoms with E-state index in [1.165, 1.54) is 0 Å². The molecule has 0 aliphatic heterocycles. The quantitative estimate of drug-likeness (QED) is 0.568. The third kappa shape index (κ3) is 3.54. The number of hydrogen-bond acceptors (Lipinski definition) is 3. The van der Waals surface area contributed by atoms with Gasteiger partial charge in [0.25, 0.3) is 0 Å². The van der Waals surface area contributed by atoms with Crippen LogP contribution in [0.15, 0.2) is 18.3 Å². The fourth-order valence-electron chi connectivity index (χ4n) is 4.54. The molecule has 1 aromatic rings. The highest BCUT2D eigenvalue weighted by atomic mass is 28.4. The number of aromatic nitrogens is 1. The van der Waals surface area contributed by atoms with Gasteiger partial charge in [-0.3, -0.25) is 4.98 Å². The molecule has 0 radical (unpaired) electrons. The van der Waals surface area contributed by atoms with Crippen LogP contribution in [0.1, 0.15) is 84.3 Å². The summed E-state index contributed by atoms with van der Waals surface area (Å²) in [5, 5.41) is 10.4. The van der Waals surface area contributed by atoms with Gasteiger partial charge >= 0.3 is 0 Å². The second-order valence-corrected chi connectivity index (χ2v) is 13.3. The smallest absolute Gasteiger partial charge is 0.201 e. The average molecular weight is 336 g/mol. The molecular weight excluding hydrogens is 302 g/mol. The molecule has 130 valence electrons. The Labute approximate surface area is 142 Å². The molecule has 3 nitrogen and oxygen atoms in total. The maximum atomic E-state index is 10.4. The van der Waals surface area contributed by atoms with Gasteiger partial charge in [-0.2, -0.15) is 0 Å². The van der Waals surface area contributed by atoms with Crippen LogP contribution in [0.4, 0.5) is 0 Å². The number of pyridine rings is 1. The lowest BCUT2D eigenvalue weighted by molar-refractivity contribution is 0.157. The Balaban J connectivity index is 2.42. The second kappa shape index (κ2) is 7.45. The van der Waals surface area contributed by atoms with Crippen LogP contribution in [0.25, 0.3) is 0 Å². The van der Waals surface area contributed by atoms with E-state index in [0.717, 1.165) is 30.5 Å². The molecular formula is C19H33NO2Si. The Morgan fingerprint density at radius 1 is 1.09 bits per heavy atom. The predicted octanol–water partition coefficient (Wildman–Crippen LogP) is 5.53. The van der Waals surface area contributed by atoms with Crippen molar-refractivity contribution in [1.29, 1.82) is 0 Å². The highest BCUT2D eigenvalue weighted by Crippen LogP contribution is 2.47. The number of aliphatic hydroxyl groups excluding tert-OH is 1. The average Bonchev–Trinajstić information content (AvgIpc) is 2.63. The molecule has 2 rings (SSSR count). The van der Waals surface area contributed by atoms with Gasteiger partial charge in [-0.15, -0.1) is 0 Å². The van der Waals surface area contributed by atoms with Crippen molar-refractivity contribution in [2.45, 2.75) is 89.6 Å². The fourth-order valence-corrected chi connectivity index (χ4v) is 10.1. The summed E-state index contributed by atoms with van der Waals surface area (Å²) in [6.45, 7) is 13.9. The van der Waals surface area contributed by atoms with Crippen LogP contribution in [0.2, 0.25) is 16.6 Å². The summed E-state index contributed by atoms with van der Waals surface area (Å²) >= 11 is 0. The lowest BCUT2D eigenvalue weighted by atomic mass is 10.1. The van der Waals surface area contributed by atoms with E-state index in [1.807, 2.05) is 18.3 Å². The molecule has 1 aliphatic carbocycles. The predicted molar refractivity (Wildman–Crippen MR) is 97.9 cm³/mol. The Morgan fingerprint density at radius 2 is 1.70 bits per heavy atom. The lowest BCUT2D eigenvalue weighted by Crippen LogP contribution is -2.48. The number of nitrogens with zero attached hydrogens (tertiary/aromatic N) is 1. The van der Waals surface area contributed by atoms with Gasteiger partial charge in [0.2, 0.25) is 8.32 Å². The maximum absolute atomic E-state index is 10.4. The Kier molecular flexibility index (Phi) is 6.03. The Morgan fingerprint density at radius 3 is 2.26 bits per heavy atom. The van der Waals surface area contributed by atoms with Crippen molar-refractivity contribution in [2.75, 3.05) is 0 Å². The van der Waals surface area contributed by atoms with Crippen LogP contribution < -0.4 is 0 Å².